The minimum absolute atomic E-state index is 0. The average molecular weight is 220 g/mol. The van der Waals surface area contributed by atoms with E-state index in [1.807, 2.05) is 4.90 Å². The van der Waals surface area contributed by atoms with E-state index in [-0.39, 0.29) is 12.4 Å². The van der Waals surface area contributed by atoms with Crippen LogP contribution in [0.1, 0.15) is 52.4 Å². The minimum Gasteiger partial charge on any atom is -1.00 e. The van der Waals surface area contributed by atoms with E-state index in [2.05, 4.69) is 13.8 Å². The van der Waals surface area contributed by atoms with Gasteiger partial charge in [-0.3, -0.25) is 0 Å². The Kier molecular flexibility index (Phi) is 8.70. The third-order valence-corrected chi connectivity index (χ3v) is 3.25. The maximum atomic E-state index is 2.41. The van der Waals surface area contributed by atoms with Crippen LogP contribution in [0.15, 0.2) is 0 Å². The molecule has 1 heterocycles. The summed E-state index contributed by atoms with van der Waals surface area (Å²) in [5, 5.41) is 0. The summed E-state index contributed by atoms with van der Waals surface area (Å²) < 4.78 is 0. The van der Waals surface area contributed by atoms with Crippen LogP contribution >= 0.6 is 0 Å². The number of nitrogens with one attached hydrogen (secondary N) is 1. The summed E-state index contributed by atoms with van der Waals surface area (Å²) in [6.45, 7) is 9.01. The van der Waals surface area contributed by atoms with Crippen molar-refractivity contribution >= 4 is 0 Å². The van der Waals surface area contributed by atoms with Crippen LogP contribution in [0, 0.1) is 5.92 Å². The monoisotopic (exact) mass is 219 g/mol. The third kappa shape index (κ3) is 5.87. The largest absolute Gasteiger partial charge is 1.00 e. The molecule has 0 aromatic rings. The van der Waals surface area contributed by atoms with Gasteiger partial charge in [-0.25, -0.2) is 0 Å². The van der Waals surface area contributed by atoms with Crippen molar-refractivity contribution in [1.29, 1.82) is 0 Å². The van der Waals surface area contributed by atoms with E-state index in [0.29, 0.717) is 0 Å². The van der Waals surface area contributed by atoms with Crippen molar-refractivity contribution < 1.29 is 17.3 Å². The lowest BCUT2D eigenvalue weighted by molar-refractivity contribution is -0.908. The molecule has 14 heavy (non-hydrogen) atoms. The first-order valence-corrected chi connectivity index (χ1v) is 6.16. The van der Waals surface area contributed by atoms with Gasteiger partial charge in [0.15, 0.2) is 0 Å². The SMILES string of the molecule is CCCCCC[NH+]1CCCC(C)C1.[Cl-]. The van der Waals surface area contributed by atoms with Crippen molar-refractivity contribution in [2.24, 2.45) is 5.92 Å². The molecular formula is C12H26ClN. The van der Waals surface area contributed by atoms with Crippen LogP contribution in [-0.4, -0.2) is 19.6 Å². The number of hydrogen-bond acceptors (Lipinski definition) is 0. The highest BCUT2D eigenvalue weighted by Gasteiger charge is 2.18. The van der Waals surface area contributed by atoms with Crippen molar-refractivity contribution in [3.8, 4) is 0 Å². The summed E-state index contributed by atoms with van der Waals surface area (Å²) >= 11 is 0. The maximum absolute atomic E-state index is 2.41. The molecule has 2 heteroatoms. The van der Waals surface area contributed by atoms with E-state index in [1.54, 1.807) is 0 Å². The maximum Gasteiger partial charge on any atom is 0.0796 e. The van der Waals surface area contributed by atoms with Gasteiger partial charge in [0.2, 0.25) is 0 Å². The fourth-order valence-corrected chi connectivity index (χ4v) is 2.43. The Labute approximate surface area is 95.7 Å². The molecule has 0 bridgehead atoms. The predicted octanol–water partition coefficient (Wildman–Crippen LogP) is -1.11. The highest BCUT2D eigenvalue weighted by molar-refractivity contribution is 4.55. The van der Waals surface area contributed by atoms with Crippen molar-refractivity contribution in [3.63, 3.8) is 0 Å². The number of unbranched alkanes of at least 4 members (excludes halogenated alkanes) is 3. The van der Waals surface area contributed by atoms with E-state index < -0.39 is 0 Å². The molecular weight excluding hydrogens is 194 g/mol. The second-order valence-corrected chi connectivity index (χ2v) is 4.76. The molecule has 0 aromatic heterocycles. The molecule has 86 valence electrons. The fourth-order valence-electron chi connectivity index (χ4n) is 2.43. The van der Waals surface area contributed by atoms with Crippen LogP contribution in [0.5, 0.6) is 0 Å². The van der Waals surface area contributed by atoms with Crippen molar-refractivity contribution in [1.82, 2.24) is 0 Å². The first kappa shape index (κ1) is 14.2. The zero-order valence-corrected chi connectivity index (χ0v) is 10.6. The number of halogens is 1. The van der Waals surface area contributed by atoms with Crippen LogP contribution in [0.3, 0.4) is 0 Å². The molecule has 1 rings (SSSR count). The van der Waals surface area contributed by atoms with Crippen molar-refractivity contribution in [2.45, 2.75) is 52.4 Å². The molecule has 0 aliphatic carbocycles. The van der Waals surface area contributed by atoms with Gasteiger partial charge in [-0.05, 0) is 25.7 Å². The number of likely N-dealkylation sites (tertiary alicyclic amines) is 1. The third-order valence-electron chi connectivity index (χ3n) is 3.25. The zero-order valence-electron chi connectivity index (χ0n) is 9.82. The molecule has 1 saturated heterocycles. The minimum atomic E-state index is 0. The Morgan fingerprint density at radius 1 is 1.21 bits per heavy atom. The second kappa shape index (κ2) is 8.55. The van der Waals surface area contributed by atoms with Gasteiger partial charge in [0, 0.05) is 5.92 Å². The van der Waals surface area contributed by atoms with Gasteiger partial charge in [0.05, 0.1) is 19.6 Å². The van der Waals surface area contributed by atoms with Gasteiger partial charge in [-0.1, -0.05) is 26.7 Å². The number of quaternary nitrogens is 1. The van der Waals surface area contributed by atoms with Crippen molar-refractivity contribution in [3.05, 3.63) is 0 Å². The molecule has 2 unspecified atom stereocenters. The molecule has 1 N–H and O–H groups in total. The predicted molar refractivity (Wildman–Crippen MR) is 58.1 cm³/mol. The van der Waals surface area contributed by atoms with Gasteiger partial charge >= 0.3 is 0 Å². The van der Waals surface area contributed by atoms with Gasteiger partial charge < -0.3 is 17.3 Å². The topological polar surface area (TPSA) is 4.44 Å². The fraction of sp³-hybridized carbons (Fsp3) is 1.00. The lowest BCUT2D eigenvalue weighted by Gasteiger charge is -2.27. The number of rotatable bonds is 5. The normalized spacial score (nSPS) is 27.0. The Morgan fingerprint density at radius 2 is 2.00 bits per heavy atom. The second-order valence-electron chi connectivity index (χ2n) is 4.76. The molecule has 0 saturated carbocycles. The molecule has 2 atom stereocenters. The zero-order chi connectivity index (χ0) is 9.52. The summed E-state index contributed by atoms with van der Waals surface area (Å²) in [4.78, 5) is 1.87. The van der Waals surface area contributed by atoms with E-state index in [4.69, 9.17) is 0 Å². The smallest absolute Gasteiger partial charge is 0.0796 e. The van der Waals surface area contributed by atoms with Crippen LogP contribution in [0.4, 0.5) is 0 Å². The summed E-state index contributed by atoms with van der Waals surface area (Å²) in [6.07, 6.45) is 8.64. The molecule has 0 aromatic carbocycles. The van der Waals surface area contributed by atoms with Crippen LogP contribution < -0.4 is 17.3 Å². The van der Waals surface area contributed by atoms with Crippen LogP contribution in [0.25, 0.3) is 0 Å². The lowest BCUT2D eigenvalue weighted by Crippen LogP contribution is -3.13. The van der Waals surface area contributed by atoms with E-state index >= 15 is 0 Å². The summed E-state index contributed by atoms with van der Waals surface area (Å²) in [5.74, 6) is 0.981. The first-order chi connectivity index (χ1) is 6.33. The van der Waals surface area contributed by atoms with Gasteiger partial charge in [-0.2, -0.15) is 0 Å². The van der Waals surface area contributed by atoms with Crippen LogP contribution in [0.2, 0.25) is 0 Å². The summed E-state index contributed by atoms with van der Waals surface area (Å²) in [5.41, 5.74) is 0. The van der Waals surface area contributed by atoms with Crippen LogP contribution in [-0.2, 0) is 0 Å². The summed E-state index contributed by atoms with van der Waals surface area (Å²) in [6, 6.07) is 0. The lowest BCUT2D eigenvalue weighted by atomic mass is 10.00. The van der Waals surface area contributed by atoms with E-state index in [1.165, 1.54) is 58.2 Å². The first-order valence-electron chi connectivity index (χ1n) is 6.16. The average Bonchev–Trinajstić information content (AvgIpc) is 2.13. The quantitative estimate of drug-likeness (QED) is 0.560. The van der Waals surface area contributed by atoms with Gasteiger partial charge in [0.1, 0.15) is 0 Å². The Morgan fingerprint density at radius 3 is 2.64 bits per heavy atom. The highest BCUT2D eigenvalue weighted by Crippen LogP contribution is 2.05. The molecule has 1 nitrogen and oxygen atoms in total. The molecule has 1 aliphatic rings. The number of piperidine rings is 1. The molecule has 1 fully saturated rings. The van der Waals surface area contributed by atoms with E-state index in [0.717, 1.165) is 5.92 Å². The van der Waals surface area contributed by atoms with E-state index in [9.17, 15) is 0 Å². The Hall–Kier alpha value is 0.250. The van der Waals surface area contributed by atoms with Crippen molar-refractivity contribution in [2.75, 3.05) is 19.6 Å². The molecule has 0 amide bonds. The Bertz CT molecular complexity index is 127. The van der Waals surface area contributed by atoms with Gasteiger partial charge in [0.25, 0.3) is 0 Å². The summed E-state index contributed by atoms with van der Waals surface area (Å²) in [7, 11) is 0. The number of hydrogen-bond donors (Lipinski definition) is 1. The highest BCUT2D eigenvalue weighted by atomic mass is 35.5. The van der Waals surface area contributed by atoms with Gasteiger partial charge in [-0.15, -0.1) is 0 Å². The standard InChI is InChI=1S/C12H25N.ClH/c1-3-4-5-6-9-13-10-7-8-12(2)11-13;/h12H,3-11H2,1-2H3;1H. The molecule has 0 spiro atoms. The molecule has 1 aliphatic heterocycles. The molecule has 0 radical (unpaired) electrons. The Balaban J connectivity index is 0.00000169.